The number of rotatable bonds is 5. The smallest absolute Gasteiger partial charge is 0.320 e. The minimum Gasteiger partial charge on any atom is -0.480 e. The summed E-state index contributed by atoms with van der Waals surface area (Å²) in [5.41, 5.74) is 0.449. The Hall–Kier alpha value is -3.73. The second-order valence-electron chi connectivity index (χ2n) is 6.90. The van der Waals surface area contributed by atoms with Gasteiger partial charge in [0.05, 0.1) is 5.69 Å². The number of benzene rings is 2. The van der Waals surface area contributed by atoms with Gasteiger partial charge < -0.3 is 5.11 Å². The van der Waals surface area contributed by atoms with Crippen LogP contribution < -0.4 is 5.56 Å². The molecular formula is C24H20N2O3. The zero-order valence-electron chi connectivity index (χ0n) is 15.9. The summed E-state index contributed by atoms with van der Waals surface area (Å²) in [5, 5.41) is 11.6. The summed E-state index contributed by atoms with van der Waals surface area (Å²) < 4.78 is 1.57. The topological polar surface area (TPSA) is 72.2 Å². The fourth-order valence-corrected chi connectivity index (χ4v) is 3.83. The number of fused-ring (bicyclic) bond motifs is 1. The van der Waals surface area contributed by atoms with E-state index < -0.39 is 11.4 Å². The van der Waals surface area contributed by atoms with Gasteiger partial charge in [-0.2, -0.15) is 0 Å². The van der Waals surface area contributed by atoms with E-state index in [9.17, 15) is 14.7 Å². The van der Waals surface area contributed by atoms with Crippen LogP contribution in [0.4, 0.5) is 0 Å². The van der Waals surface area contributed by atoms with Crippen molar-refractivity contribution in [3.8, 4) is 5.69 Å². The third-order valence-corrected chi connectivity index (χ3v) is 5.45. The summed E-state index contributed by atoms with van der Waals surface area (Å²) in [4.78, 5) is 29.5. The first-order valence-electron chi connectivity index (χ1n) is 9.44. The zero-order valence-corrected chi connectivity index (χ0v) is 15.9. The van der Waals surface area contributed by atoms with Gasteiger partial charge in [0.15, 0.2) is 0 Å². The second kappa shape index (κ2) is 7.36. The van der Waals surface area contributed by atoms with Crippen molar-refractivity contribution < 1.29 is 9.90 Å². The van der Waals surface area contributed by atoms with Crippen molar-refractivity contribution in [2.24, 2.45) is 0 Å². The van der Waals surface area contributed by atoms with Crippen molar-refractivity contribution in [3.63, 3.8) is 0 Å². The van der Waals surface area contributed by atoms with E-state index in [0.717, 1.165) is 5.39 Å². The molecule has 0 aliphatic rings. The Morgan fingerprint density at radius 1 is 1.00 bits per heavy atom. The van der Waals surface area contributed by atoms with Gasteiger partial charge in [0, 0.05) is 23.5 Å². The summed E-state index contributed by atoms with van der Waals surface area (Å²) in [6.45, 7) is 1.84. The first-order chi connectivity index (χ1) is 14.1. The van der Waals surface area contributed by atoms with Crippen LogP contribution in [0.3, 0.4) is 0 Å². The number of aromatic nitrogens is 2. The molecule has 144 valence electrons. The molecular weight excluding hydrogens is 364 g/mol. The van der Waals surface area contributed by atoms with Gasteiger partial charge in [0.25, 0.3) is 5.56 Å². The average molecular weight is 384 g/mol. The van der Waals surface area contributed by atoms with E-state index in [1.54, 1.807) is 65.5 Å². The third kappa shape index (κ3) is 3.01. The first kappa shape index (κ1) is 18.6. The molecule has 0 saturated heterocycles. The Kier molecular flexibility index (Phi) is 4.72. The maximum absolute atomic E-state index is 12.9. The molecule has 0 radical (unpaired) electrons. The molecule has 0 saturated carbocycles. The van der Waals surface area contributed by atoms with E-state index in [1.807, 2.05) is 31.2 Å². The number of aliphatic carboxylic acids is 1. The van der Waals surface area contributed by atoms with Crippen LogP contribution in [0.25, 0.3) is 16.5 Å². The number of hydrogen-bond donors (Lipinski definition) is 1. The molecule has 4 rings (SSSR count). The molecule has 2 aromatic heterocycles. The SMILES string of the molecule is CCC(C(=O)O)(c1ccc(-n2ccc3ccccc3c2=O)cc1)c1ccccn1. The van der Waals surface area contributed by atoms with Gasteiger partial charge >= 0.3 is 5.97 Å². The third-order valence-electron chi connectivity index (χ3n) is 5.45. The Balaban J connectivity index is 1.82. The first-order valence-corrected chi connectivity index (χ1v) is 9.44. The van der Waals surface area contributed by atoms with Crippen molar-refractivity contribution >= 4 is 16.7 Å². The van der Waals surface area contributed by atoms with Gasteiger partial charge in [-0.05, 0) is 53.8 Å². The number of carboxylic acid groups (broad SMARTS) is 1. The lowest BCUT2D eigenvalue weighted by Crippen LogP contribution is -2.37. The van der Waals surface area contributed by atoms with E-state index in [2.05, 4.69) is 4.98 Å². The minimum absolute atomic E-state index is 0.111. The quantitative estimate of drug-likeness (QED) is 0.561. The van der Waals surface area contributed by atoms with Crippen LogP contribution >= 0.6 is 0 Å². The Bertz CT molecular complexity index is 1230. The second-order valence-corrected chi connectivity index (χ2v) is 6.90. The molecule has 0 aliphatic heterocycles. The Labute approximate surface area is 167 Å². The lowest BCUT2D eigenvalue weighted by Gasteiger charge is -2.28. The van der Waals surface area contributed by atoms with Crippen LogP contribution in [0, 0.1) is 0 Å². The average Bonchev–Trinajstić information content (AvgIpc) is 2.76. The van der Waals surface area contributed by atoms with Crippen LogP contribution in [0.1, 0.15) is 24.6 Å². The van der Waals surface area contributed by atoms with Gasteiger partial charge in [-0.1, -0.05) is 43.3 Å². The van der Waals surface area contributed by atoms with E-state index in [-0.39, 0.29) is 5.56 Å². The van der Waals surface area contributed by atoms with Gasteiger partial charge in [0.1, 0.15) is 5.41 Å². The number of pyridine rings is 2. The highest BCUT2D eigenvalue weighted by Gasteiger charge is 2.41. The molecule has 2 heterocycles. The summed E-state index contributed by atoms with van der Waals surface area (Å²) >= 11 is 0. The van der Waals surface area contributed by atoms with Gasteiger partial charge in [-0.25, -0.2) is 0 Å². The van der Waals surface area contributed by atoms with E-state index in [4.69, 9.17) is 0 Å². The molecule has 1 unspecified atom stereocenters. The fourth-order valence-electron chi connectivity index (χ4n) is 3.83. The van der Waals surface area contributed by atoms with Gasteiger partial charge in [-0.3, -0.25) is 19.1 Å². The monoisotopic (exact) mass is 384 g/mol. The highest BCUT2D eigenvalue weighted by molar-refractivity contribution is 5.85. The number of hydrogen-bond acceptors (Lipinski definition) is 3. The standard InChI is InChI=1S/C24H20N2O3/c1-2-24(23(28)29,21-9-5-6-15-25-21)18-10-12-19(13-11-18)26-16-14-17-7-3-4-8-20(17)22(26)27/h3-16H,2H2,1H3,(H,28,29). The predicted molar refractivity (Wildman–Crippen MR) is 112 cm³/mol. The number of nitrogens with zero attached hydrogens (tertiary/aromatic N) is 2. The van der Waals surface area contributed by atoms with E-state index in [0.29, 0.717) is 28.8 Å². The molecule has 2 aromatic carbocycles. The Morgan fingerprint density at radius 2 is 1.72 bits per heavy atom. The van der Waals surface area contributed by atoms with Gasteiger partial charge in [0.2, 0.25) is 0 Å². The normalized spacial score (nSPS) is 13.1. The lowest BCUT2D eigenvalue weighted by atomic mass is 9.75. The zero-order chi connectivity index (χ0) is 20.4. The lowest BCUT2D eigenvalue weighted by molar-refractivity contribution is -0.142. The van der Waals surface area contributed by atoms with Crippen LogP contribution in [0.5, 0.6) is 0 Å². The molecule has 0 amide bonds. The van der Waals surface area contributed by atoms with Crippen molar-refractivity contribution in [1.82, 2.24) is 9.55 Å². The molecule has 5 heteroatoms. The maximum atomic E-state index is 12.9. The summed E-state index contributed by atoms with van der Waals surface area (Å²) in [7, 11) is 0. The molecule has 5 nitrogen and oxygen atoms in total. The molecule has 0 aliphatic carbocycles. The van der Waals surface area contributed by atoms with Crippen molar-refractivity contribution in [2.45, 2.75) is 18.8 Å². The van der Waals surface area contributed by atoms with Gasteiger partial charge in [-0.15, -0.1) is 0 Å². The van der Waals surface area contributed by atoms with E-state index in [1.165, 1.54) is 0 Å². The summed E-state index contributed by atoms with van der Waals surface area (Å²) in [6.07, 6.45) is 3.70. The van der Waals surface area contributed by atoms with Crippen LogP contribution in [0.15, 0.2) is 90.0 Å². The fraction of sp³-hybridized carbons (Fsp3) is 0.125. The molecule has 4 aromatic rings. The molecule has 1 atom stereocenters. The van der Waals surface area contributed by atoms with Crippen molar-refractivity contribution in [1.29, 1.82) is 0 Å². The number of carboxylic acids is 1. The maximum Gasteiger partial charge on any atom is 0.320 e. The summed E-state index contributed by atoms with van der Waals surface area (Å²) in [5.74, 6) is -0.950. The largest absolute Gasteiger partial charge is 0.480 e. The molecule has 1 N–H and O–H groups in total. The van der Waals surface area contributed by atoms with Crippen molar-refractivity contribution in [3.05, 3.63) is 107 Å². The van der Waals surface area contributed by atoms with Crippen molar-refractivity contribution in [2.75, 3.05) is 0 Å². The van der Waals surface area contributed by atoms with E-state index >= 15 is 0 Å². The highest BCUT2D eigenvalue weighted by atomic mass is 16.4. The minimum atomic E-state index is -1.24. The molecule has 0 spiro atoms. The Morgan fingerprint density at radius 3 is 2.38 bits per heavy atom. The molecule has 0 fully saturated rings. The van der Waals surface area contributed by atoms with Crippen LogP contribution in [0.2, 0.25) is 0 Å². The van der Waals surface area contributed by atoms with Crippen LogP contribution in [-0.2, 0) is 10.2 Å². The summed E-state index contributed by atoms with van der Waals surface area (Å²) in [6, 6.07) is 21.7. The molecule has 29 heavy (non-hydrogen) atoms. The highest BCUT2D eigenvalue weighted by Crippen LogP contribution is 2.35. The van der Waals surface area contributed by atoms with Crippen LogP contribution in [-0.4, -0.2) is 20.6 Å². The predicted octanol–water partition coefficient (Wildman–Crippen LogP) is 4.17. The number of carbonyl (C=O) groups is 1. The molecule has 0 bridgehead atoms.